The van der Waals surface area contributed by atoms with Gasteiger partial charge in [-0.15, -0.1) is 0 Å². The number of carbonyl (C=O) groups excluding carboxylic acids is 1. The van der Waals surface area contributed by atoms with E-state index in [1.165, 1.54) is 7.11 Å². The summed E-state index contributed by atoms with van der Waals surface area (Å²) in [5.74, 6) is 5.59. The Morgan fingerprint density at radius 3 is 2.59 bits per heavy atom. The highest BCUT2D eigenvalue weighted by atomic mass is 16.5. The first-order valence-electron chi connectivity index (χ1n) is 6.99. The number of ether oxygens (including phenoxy) is 1. The molecular formula is C16H20N4O2. The summed E-state index contributed by atoms with van der Waals surface area (Å²) in [5.41, 5.74) is 4.51. The van der Waals surface area contributed by atoms with E-state index in [0.717, 1.165) is 11.1 Å². The number of nitrogens with zero attached hydrogens (tertiary/aromatic N) is 1. The van der Waals surface area contributed by atoms with E-state index in [-0.39, 0.29) is 5.97 Å². The zero-order valence-corrected chi connectivity index (χ0v) is 12.5. The van der Waals surface area contributed by atoms with E-state index in [1.54, 1.807) is 12.3 Å². The molecule has 0 unspecified atom stereocenters. The second-order valence-electron chi connectivity index (χ2n) is 4.84. The van der Waals surface area contributed by atoms with Crippen molar-refractivity contribution in [1.82, 2.24) is 10.3 Å². The molecule has 2 aromatic rings. The number of nitrogens with one attached hydrogen (secondary N) is 2. The van der Waals surface area contributed by atoms with Gasteiger partial charge in [-0.05, 0) is 23.6 Å². The lowest BCUT2D eigenvalue weighted by atomic mass is 10.1. The molecule has 2 rings (SSSR count). The molecule has 0 bridgehead atoms. The molecule has 6 nitrogen and oxygen atoms in total. The van der Waals surface area contributed by atoms with Crippen molar-refractivity contribution in [3.63, 3.8) is 0 Å². The second kappa shape index (κ2) is 8.11. The fourth-order valence-electron chi connectivity index (χ4n) is 2.09. The Morgan fingerprint density at radius 2 is 2.00 bits per heavy atom. The topological polar surface area (TPSA) is 89.3 Å². The first-order valence-corrected chi connectivity index (χ1v) is 6.99. The van der Waals surface area contributed by atoms with Gasteiger partial charge in [-0.2, -0.15) is 0 Å². The van der Waals surface area contributed by atoms with Crippen molar-refractivity contribution < 1.29 is 9.53 Å². The maximum atomic E-state index is 11.9. The minimum atomic E-state index is -0.403. The lowest BCUT2D eigenvalue weighted by molar-refractivity contribution is -0.143. The van der Waals surface area contributed by atoms with E-state index in [2.05, 4.69) is 15.7 Å². The number of pyridine rings is 1. The largest absolute Gasteiger partial charge is 0.468 e. The van der Waals surface area contributed by atoms with Crippen LogP contribution in [0.25, 0.3) is 0 Å². The lowest BCUT2D eigenvalue weighted by Gasteiger charge is -2.16. The van der Waals surface area contributed by atoms with Gasteiger partial charge in [0.05, 0.1) is 7.11 Å². The first kappa shape index (κ1) is 15.9. The maximum Gasteiger partial charge on any atom is 0.323 e. The third-order valence-electron chi connectivity index (χ3n) is 3.29. The van der Waals surface area contributed by atoms with Crippen LogP contribution in [0, 0.1) is 0 Å². The Labute approximate surface area is 129 Å². The highest BCUT2D eigenvalue weighted by molar-refractivity contribution is 5.76. The highest BCUT2D eigenvalue weighted by Gasteiger charge is 2.18. The average molecular weight is 300 g/mol. The first-order chi connectivity index (χ1) is 10.7. The number of hydrazine groups is 1. The van der Waals surface area contributed by atoms with Crippen molar-refractivity contribution in [2.75, 3.05) is 12.5 Å². The summed E-state index contributed by atoms with van der Waals surface area (Å²) in [6, 6.07) is 13.1. The van der Waals surface area contributed by atoms with Crippen molar-refractivity contribution >= 4 is 11.8 Å². The van der Waals surface area contributed by atoms with Crippen molar-refractivity contribution in [2.45, 2.75) is 19.0 Å². The van der Waals surface area contributed by atoms with Gasteiger partial charge < -0.3 is 10.2 Å². The zero-order chi connectivity index (χ0) is 15.8. The molecule has 1 aromatic heterocycles. The molecule has 1 heterocycles. The molecule has 0 aliphatic rings. The van der Waals surface area contributed by atoms with Gasteiger partial charge in [0.1, 0.15) is 11.9 Å². The van der Waals surface area contributed by atoms with Crippen molar-refractivity contribution in [3.05, 3.63) is 59.8 Å². The summed E-state index contributed by atoms with van der Waals surface area (Å²) in [4.78, 5) is 16.0. The van der Waals surface area contributed by atoms with Crippen LogP contribution >= 0.6 is 0 Å². The van der Waals surface area contributed by atoms with Crippen LogP contribution in [0.3, 0.4) is 0 Å². The normalized spacial score (nSPS) is 11.7. The molecule has 0 saturated heterocycles. The molecule has 0 aliphatic carbocycles. The summed E-state index contributed by atoms with van der Waals surface area (Å²) in [6.07, 6.45) is 2.28. The number of methoxy groups -OCH3 is 1. The van der Waals surface area contributed by atoms with Crippen LogP contribution in [-0.4, -0.2) is 24.1 Å². The van der Waals surface area contributed by atoms with Crippen LogP contribution in [0.1, 0.15) is 11.1 Å². The molecule has 1 aromatic carbocycles. The van der Waals surface area contributed by atoms with Crippen LogP contribution in [0.4, 0.5) is 5.82 Å². The molecule has 0 radical (unpaired) electrons. The zero-order valence-electron chi connectivity index (χ0n) is 12.5. The van der Waals surface area contributed by atoms with E-state index >= 15 is 0 Å². The molecule has 0 aliphatic heterocycles. The SMILES string of the molecule is COC(=O)[C@@H](Cc1ccccc1)NCc1ccc(NN)nc1. The van der Waals surface area contributed by atoms with Gasteiger partial charge in [0.15, 0.2) is 0 Å². The van der Waals surface area contributed by atoms with E-state index in [1.807, 2.05) is 36.4 Å². The third-order valence-corrected chi connectivity index (χ3v) is 3.29. The summed E-state index contributed by atoms with van der Waals surface area (Å²) < 4.78 is 4.87. The summed E-state index contributed by atoms with van der Waals surface area (Å²) in [7, 11) is 1.39. The number of rotatable bonds is 7. The molecule has 0 spiro atoms. The Morgan fingerprint density at radius 1 is 1.23 bits per heavy atom. The Balaban J connectivity index is 1.98. The van der Waals surface area contributed by atoms with Gasteiger partial charge in [0.25, 0.3) is 0 Å². The number of hydrogen-bond acceptors (Lipinski definition) is 6. The fraction of sp³-hybridized carbons (Fsp3) is 0.250. The number of aromatic nitrogens is 1. The summed E-state index contributed by atoms with van der Waals surface area (Å²) in [6.45, 7) is 0.518. The minimum absolute atomic E-state index is 0.281. The van der Waals surface area contributed by atoms with Gasteiger partial charge in [-0.25, -0.2) is 10.8 Å². The van der Waals surface area contributed by atoms with Crippen LogP contribution in [0.2, 0.25) is 0 Å². The number of anilines is 1. The maximum absolute atomic E-state index is 11.9. The number of nitrogen functional groups attached to an aromatic ring is 1. The fourth-order valence-corrected chi connectivity index (χ4v) is 2.09. The van der Waals surface area contributed by atoms with E-state index in [0.29, 0.717) is 18.8 Å². The van der Waals surface area contributed by atoms with E-state index in [9.17, 15) is 4.79 Å². The number of benzene rings is 1. The Kier molecular flexibility index (Phi) is 5.88. The monoisotopic (exact) mass is 300 g/mol. The van der Waals surface area contributed by atoms with Crippen LogP contribution < -0.4 is 16.6 Å². The molecule has 22 heavy (non-hydrogen) atoms. The predicted octanol–water partition coefficient (Wildman–Crippen LogP) is 1.24. The minimum Gasteiger partial charge on any atom is -0.468 e. The van der Waals surface area contributed by atoms with Crippen LogP contribution in [0.5, 0.6) is 0 Å². The van der Waals surface area contributed by atoms with Crippen molar-refractivity contribution in [1.29, 1.82) is 0 Å². The number of hydrogen-bond donors (Lipinski definition) is 3. The lowest BCUT2D eigenvalue weighted by Crippen LogP contribution is -2.39. The second-order valence-corrected chi connectivity index (χ2v) is 4.84. The predicted molar refractivity (Wildman–Crippen MR) is 84.8 cm³/mol. The van der Waals surface area contributed by atoms with Gasteiger partial charge >= 0.3 is 5.97 Å². The molecule has 0 amide bonds. The molecule has 116 valence electrons. The summed E-state index contributed by atoms with van der Waals surface area (Å²) in [5, 5.41) is 3.21. The molecule has 0 fully saturated rings. The van der Waals surface area contributed by atoms with Crippen LogP contribution in [-0.2, 0) is 22.5 Å². The standard InChI is InChI=1S/C16H20N4O2/c1-22-16(21)14(9-12-5-3-2-4-6-12)18-10-13-7-8-15(20-17)19-11-13/h2-8,11,14,18H,9-10,17H2,1H3,(H,19,20)/t14-/m1/s1. The molecule has 1 atom stereocenters. The van der Waals surface area contributed by atoms with Gasteiger partial charge in [-0.1, -0.05) is 36.4 Å². The average Bonchev–Trinajstić information content (AvgIpc) is 2.59. The molecule has 0 saturated carbocycles. The van der Waals surface area contributed by atoms with Gasteiger partial charge in [0, 0.05) is 12.7 Å². The summed E-state index contributed by atoms with van der Waals surface area (Å²) >= 11 is 0. The Hall–Kier alpha value is -2.44. The van der Waals surface area contributed by atoms with Crippen LogP contribution in [0.15, 0.2) is 48.7 Å². The quantitative estimate of drug-likeness (QED) is 0.405. The molecule has 4 N–H and O–H groups in total. The smallest absolute Gasteiger partial charge is 0.323 e. The number of carbonyl (C=O) groups is 1. The van der Waals surface area contributed by atoms with Gasteiger partial charge in [-0.3, -0.25) is 10.1 Å². The van der Waals surface area contributed by atoms with E-state index in [4.69, 9.17) is 10.6 Å². The third kappa shape index (κ3) is 4.54. The van der Waals surface area contributed by atoms with Crippen molar-refractivity contribution in [3.8, 4) is 0 Å². The van der Waals surface area contributed by atoms with Gasteiger partial charge in [0.2, 0.25) is 0 Å². The molecule has 6 heteroatoms. The van der Waals surface area contributed by atoms with Crippen molar-refractivity contribution in [2.24, 2.45) is 5.84 Å². The molecular weight excluding hydrogens is 280 g/mol. The highest BCUT2D eigenvalue weighted by Crippen LogP contribution is 2.07. The van der Waals surface area contributed by atoms with E-state index < -0.39 is 6.04 Å². The Bertz CT molecular complexity index is 587. The number of esters is 1. The number of nitrogens with two attached hydrogens (primary N) is 1.